The molecule has 2 saturated carbocycles. The van der Waals surface area contributed by atoms with Gasteiger partial charge in [-0.1, -0.05) is 60.7 Å². The zero-order chi connectivity index (χ0) is 20.6. The second-order valence-electron chi connectivity index (χ2n) is 9.79. The first-order chi connectivity index (χ1) is 14.6. The summed E-state index contributed by atoms with van der Waals surface area (Å²) >= 11 is 0. The van der Waals surface area contributed by atoms with Crippen LogP contribution in [0, 0.1) is 0 Å². The number of hydrogen-bond donors (Lipinski definition) is 1. The van der Waals surface area contributed by atoms with E-state index in [1.165, 1.54) is 5.56 Å². The Hall–Kier alpha value is -1.72. The van der Waals surface area contributed by atoms with E-state index < -0.39 is 6.23 Å². The minimum Gasteiger partial charge on any atom is -0.374 e. The molecule has 4 nitrogen and oxygen atoms in total. The van der Waals surface area contributed by atoms with Crippen molar-refractivity contribution in [3.05, 3.63) is 71.8 Å². The first-order valence-corrected chi connectivity index (χ1v) is 11.5. The van der Waals surface area contributed by atoms with Crippen LogP contribution in [0.5, 0.6) is 0 Å². The van der Waals surface area contributed by atoms with Crippen molar-refractivity contribution in [2.24, 2.45) is 0 Å². The van der Waals surface area contributed by atoms with Gasteiger partial charge in [-0.05, 0) is 56.7 Å². The van der Waals surface area contributed by atoms with Gasteiger partial charge in [0.05, 0.1) is 11.2 Å². The average molecular weight is 407 g/mol. The summed E-state index contributed by atoms with van der Waals surface area (Å²) in [5.41, 5.74) is 2.25. The molecular formula is C26H34N2O2. The van der Waals surface area contributed by atoms with E-state index >= 15 is 0 Å². The molecule has 2 aromatic carbocycles. The molecule has 0 bridgehead atoms. The molecule has 5 rings (SSSR count). The number of aliphatic hydroxyl groups is 1. The molecule has 1 unspecified atom stereocenters. The average Bonchev–Trinajstić information content (AvgIpc) is 3.52. The number of rotatable bonds is 5. The first kappa shape index (κ1) is 20.2. The SMILES string of the molecule is CN(Cc1ccccc1)C1CCC2(CC1)CN(C(O)c1ccccc1)CC1(CC1)O2. The number of aliphatic hydroxyl groups excluding tert-OH is 1. The van der Waals surface area contributed by atoms with Gasteiger partial charge in [0, 0.05) is 25.7 Å². The van der Waals surface area contributed by atoms with E-state index in [4.69, 9.17) is 4.74 Å². The van der Waals surface area contributed by atoms with Crippen molar-refractivity contribution in [2.45, 2.75) is 68.5 Å². The molecule has 1 aliphatic heterocycles. The molecule has 2 spiro atoms. The molecule has 1 heterocycles. The standard InChI is InChI=1S/C26H34N2O2/c1-27(18-21-8-4-2-5-9-21)23-12-14-25(15-13-23)19-28(20-26(30-25)16-17-26)24(29)22-10-6-3-7-11-22/h2-11,23-24,29H,12-20H2,1H3. The molecule has 1 N–H and O–H groups in total. The van der Waals surface area contributed by atoms with Crippen LogP contribution in [0.4, 0.5) is 0 Å². The quantitative estimate of drug-likeness (QED) is 0.801. The van der Waals surface area contributed by atoms with Crippen LogP contribution in [0.2, 0.25) is 0 Å². The smallest absolute Gasteiger partial charge is 0.133 e. The number of benzene rings is 2. The maximum atomic E-state index is 11.1. The van der Waals surface area contributed by atoms with Crippen molar-refractivity contribution in [3.8, 4) is 0 Å². The van der Waals surface area contributed by atoms with Crippen LogP contribution in [-0.4, -0.2) is 52.3 Å². The molecule has 1 saturated heterocycles. The van der Waals surface area contributed by atoms with Gasteiger partial charge in [0.25, 0.3) is 0 Å². The van der Waals surface area contributed by atoms with Crippen LogP contribution in [0.1, 0.15) is 55.9 Å². The summed E-state index contributed by atoms with van der Waals surface area (Å²) in [5, 5.41) is 11.1. The lowest BCUT2D eigenvalue weighted by atomic mass is 9.79. The Balaban J connectivity index is 1.25. The number of ether oxygens (including phenoxy) is 1. The molecule has 0 aromatic heterocycles. The van der Waals surface area contributed by atoms with Gasteiger partial charge < -0.3 is 9.84 Å². The van der Waals surface area contributed by atoms with E-state index in [-0.39, 0.29) is 11.2 Å². The highest BCUT2D eigenvalue weighted by molar-refractivity contribution is 5.19. The summed E-state index contributed by atoms with van der Waals surface area (Å²) in [7, 11) is 2.26. The molecule has 3 aliphatic rings. The molecular weight excluding hydrogens is 372 g/mol. The second-order valence-corrected chi connectivity index (χ2v) is 9.79. The second kappa shape index (κ2) is 8.08. The van der Waals surface area contributed by atoms with Gasteiger partial charge in [0.2, 0.25) is 0 Å². The summed E-state index contributed by atoms with van der Waals surface area (Å²) < 4.78 is 6.80. The van der Waals surface area contributed by atoms with E-state index in [9.17, 15) is 5.11 Å². The Labute approximate surface area is 180 Å². The summed E-state index contributed by atoms with van der Waals surface area (Å²) in [6.07, 6.45) is 6.20. The number of nitrogens with zero attached hydrogens (tertiary/aromatic N) is 2. The van der Waals surface area contributed by atoms with Crippen molar-refractivity contribution < 1.29 is 9.84 Å². The van der Waals surface area contributed by atoms with Crippen LogP contribution in [0.3, 0.4) is 0 Å². The van der Waals surface area contributed by atoms with Gasteiger partial charge >= 0.3 is 0 Å². The van der Waals surface area contributed by atoms with Gasteiger partial charge in [-0.15, -0.1) is 0 Å². The monoisotopic (exact) mass is 406 g/mol. The predicted octanol–water partition coefficient (Wildman–Crippen LogP) is 4.36. The zero-order valence-electron chi connectivity index (χ0n) is 18.0. The van der Waals surface area contributed by atoms with Crippen LogP contribution in [0.15, 0.2) is 60.7 Å². The van der Waals surface area contributed by atoms with Crippen LogP contribution in [-0.2, 0) is 11.3 Å². The highest BCUT2D eigenvalue weighted by Crippen LogP contribution is 2.51. The topological polar surface area (TPSA) is 35.9 Å². The molecule has 30 heavy (non-hydrogen) atoms. The molecule has 2 aromatic rings. The Kier molecular flexibility index (Phi) is 5.44. The molecule has 4 heteroatoms. The largest absolute Gasteiger partial charge is 0.374 e. The third-order valence-corrected chi connectivity index (χ3v) is 7.43. The van der Waals surface area contributed by atoms with Crippen LogP contribution < -0.4 is 0 Å². The fourth-order valence-corrected chi connectivity index (χ4v) is 5.56. The molecule has 0 radical (unpaired) electrons. The van der Waals surface area contributed by atoms with E-state index in [1.807, 2.05) is 30.3 Å². The van der Waals surface area contributed by atoms with Gasteiger partial charge in [-0.25, -0.2) is 0 Å². The highest BCUT2D eigenvalue weighted by atomic mass is 16.5. The van der Waals surface area contributed by atoms with Crippen molar-refractivity contribution in [3.63, 3.8) is 0 Å². The van der Waals surface area contributed by atoms with Crippen molar-refractivity contribution >= 4 is 0 Å². The Bertz CT molecular complexity index is 829. The van der Waals surface area contributed by atoms with Gasteiger partial charge in [-0.2, -0.15) is 0 Å². The number of hydrogen-bond acceptors (Lipinski definition) is 4. The number of morpholine rings is 1. The Morgan fingerprint density at radius 1 is 0.933 bits per heavy atom. The summed E-state index contributed by atoms with van der Waals surface area (Å²) in [5.74, 6) is 0. The molecule has 160 valence electrons. The minimum atomic E-state index is -0.539. The normalized spacial score (nSPS) is 29.4. The third-order valence-electron chi connectivity index (χ3n) is 7.43. The molecule has 3 fully saturated rings. The Morgan fingerprint density at radius 3 is 2.10 bits per heavy atom. The van der Waals surface area contributed by atoms with E-state index in [2.05, 4.69) is 47.2 Å². The molecule has 0 amide bonds. The lowest BCUT2D eigenvalue weighted by Crippen LogP contribution is -2.59. The molecule has 2 aliphatic carbocycles. The first-order valence-electron chi connectivity index (χ1n) is 11.5. The maximum Gasteiger partial charge on any atom is 0.133 e. The van der Waals surface area contributed by atoms with E-state index in [0.29, 0.717) is 6.04 Å². The van der Waals surface area contributed by atoms with Crippen molar-refractivity contribution in [1.82, 2.24) is 9.80 Å². The molecule has 1 atom stereocenters. The lowest BCUT2D eigenvalue weighted by molar-refractivity contribution is -0.212. The van der Waals surface area contributed by atoms with Gasteiger partial charge in [-0.3, -0.25) is 9.80 Å². The van der Waals surface area contributed by atoms with Gasteiger partial charge in [0.1, 0.15) is 6.23 Å². The van der Waals surface area contributed by atoms with Crippen molar-refractivity contribution in [1.29, 1.82) is 0 Å². The predicted molar refractivity (Wildman–Crippen MR) is 119 cm³/mol. The maximum absolute atomic E-state index is 11.1. The third kappa shape index (κ3) is 4.19. The zero-order valence-corrected chi connectivity index (χ0v) is 18.0. The lowest BCUT2D eigenvalue weighted by Gasteiger charge is -2.51. The minimum absolute atomic E-state index is 0.0171. The fraction of sp³-hybridized carbons (Fsp3) is 0.538. The van der Waals surface area contributed by atoms with E-state index in [1.54, 1.807) is 0 Å². The van der Waals surface area contributed by atoms with Gasteiger partial charge in [0.15, 0.2) is 0 Å². The summed E-state index contributed by atoms with van der Waals surface area (Å²) in [6.45, 7) is 2.68. The van der Waals surface area contributed by atoms with Crippen molar-refractivity contribution in [2.75, 3.05) is 20.1 Å². The van der Waals surface area contributed by atoms with Crippen LogP contribution >= 0.6 is 0 Å². The Morgan fingerprint density at radius 2 is 1.50 bits per heavy atom. The summed E-state index contributed by atoms with van der Waals surface area (Å²) in [4.78, 5) is 4.79. The summed E-state index contributed by atoms with van der Waals surface area (Å²) in [6, 6.07) is 21.4. The highest BCUT2D eigenvalue weighted by Gasteiger charge is 2.56. The fourth-order valence-electron chi connectivity index (χ4n) is 5.56. The van der Waals surface area contributed by atoms with E-state index in [0.717, 1.165) is 63.7 Å². The van der Waals surface area contributed by atoms with Crippen LogP contribution in [0.25, 0.3) is 0 Å².